The Bertz CT molecular complexity index is 420. The third-order valence-corrected chi connectivity index (χ3v) is 2.61. The molecular formula is C10H12N4O3. The predicted molar refractivity (Wildman–Crippen MR) is 60.7 cm³/mol. The fourth-order valence-corrected chi connectivity index (χ4v) is 1.71. The van der Waals surface area contributed by atoms with Gasteiger partial charge >= 0.3 is 6.09 Å². The Hall–Kier alpha value is -2.15. The number of carbonyl (C=O) groups excluding carboxylic acids is 1. The van der Waals surface area contributed by atoms with Crippen LogP contribution in [0.4, 0.5) is 10.5 Å². The second-order valence-electron chi connectivity index (χ2n) is 3.70. The van der Waals surface area contributed by atoms with Gasteiger partial charge in [-0.2, -0.15) is 5.01 Å². The van der Waals surface area contributed by atoms with Crippen molar-refractivity contribution in [3.8, 4) is 0 Å². The number of ether oxygens (including phenoxy) is 1. The summed E-state index contributed by atoms with van der Waals surface area (Å²) in [5.74, 6) is 5.25. The summed E-state index contributed by atoms with van der Waals surface area (Å²) in [5.41, 5.74) is 4.28. The smallest absolute Gasteiger partial charge is 0.433 e. The maximum atomic E-state index is 11.1. The van der Waals surface area contributed by atoms with E-state index in [2.05, 4.69) is 10.7 Å². The molecule has 0 bridgehead atoms. The Labute approximate surface area is 97.4 Å². The Morgan fingerprint density at radius 1 is 1.47 bits per heavy atom. The molecule has 7 nitrogen and oxygen atoms in total. The minimum Gasteiger partial charge on any atom is -0.446 e. The highest BCUT2D eigenvalue weighted by atomic mass is 16.6. The van der Waals surface area contributed by atoms with Crippen molar-refractivity contribution in [3.63, 3.8) is 0 Å². The molecule has 0 unspecified atom stereocenters. The van der Waals surface area contributed by atoms with Crippen molar-refractivity contribution in [2.75, 3.05) is 12.0 Å². The highest BCUT2D eigenvalue weighted by Gasteiger charge is 2.34. The fraction of sp³-hybridized carbons (Fsp3) is 0.300. The molecule has 0 aromatic heterocycles. The zero-order valence-electron chi connectivity index (χ0n) is 9.00. The molecule has 1 atom stereocenters. The molecule has 0 spiro atoms. The second kappa shape index (κ2) is 4.79. The van der Waals surface area contributed by atoms with Gasteiger partial charge in [-0.3, -0.25) is 5.84 Å². The van der Waals surface area contributed by atoms with Crippen LogP contribution in [-0.4, -0.2) is 23.8 Å². The summed E-state index contributed by atoms with van der Waals surface area (Å²) < 4.78 is 4.75. The van der Waals surface area contributed by atoms with Crippen LogP contribution in [0.2, 0.25) is 0 Å². The first-order chi connectivity index (χ1) is 8.24. The van der Waals surface area contributed by atoms with Crippen LogP contribution in [0.5, 0.6) is 0 Å². The molecule has 1 aliphatic rings. The SMILES string of the molecule is NNc1ccc(C[C@H]2COC(=O)N2N=O)cc1. The van der Waals surface area contributed by atoms with Crippen LogP contribution in [0, 0.1) is 4.91 Å². The monoisotopic (exact) mass is 236 g/mol. The number of nitrogen functional groups attached to an aromatic ring is 1. The number of nitroso groups, excluding NO2 is 1. The molecule has 1 fully saturated rings. The van der Waals surface area contributed by atoms with Crippen LogP contribution < -0.4 is 11.3 Å². The van der Waals surface area contributed by atoms with E-state index in [0.717, 1.165) is 16.3 Å². The number of hydrogen-bond acceptors (Lipinski definition) is 6. The van der Waals surface area contributed by atoms with E-state index >= 15 is 0 Å². The van der Waals surface area contributed by atoms with Gasteiger partial charge in [-0.05, 0) is 24.1 Å². The van der Waals surface area contributed by atoms with Gasteiger partial charge < -0.3 is 10.2 Å². The first-order valence-corrected chi connectivity index (χ1v) is 5.09. The molecule has 1 aromatic rings. The molecule has 1 aliphatic heterocycles. The van der Waals surface area contributed by atoms with Gasteiger partial charge in [0.1, 0.15) is 12.6 Å². The molecule has 0 radical (unpaired) electrons. The maximum absolute atomic E-state index is 11.1. The number of hydrogen-bond donors (Lipinski definition) is 2. The van der Waals surface area contributed by atoms with Gasteiger partial charge in [-0.1, -0.05) is 12.1 Å². The zero-order valence-corrected chi connectivity index (χ0v) is 9.00. The number of nitrogens with two attached hydrogens (primary N) is 1. The summed E-state index contributed by atoms with van der Waals surface area (Å²) in [5, 5.41) is 3.48. The fourth-order valence-electron chi connectivity index (χ4n) is 1.71. The minimum atomic E-state index is -0.690. The van der Waals surface area contributed by atoms with E-state index in [9.17, 15) is 9.70 Å². The van der Waals surface area contributed by atoms with Gasteiger partial charge in [0, 0.05) is 5.69 Å². The summed E-state index contributed by atoms with van der Waals surface area (Å²) in [4.78, 5) is 21.6. The van der Waals surface area contributed by atoms with E-state index in [1.165, 1.54) is 0 Å². The number of anilines is 1. The van der Waals surface area contributed by atoms with Crippen LogP contribution in [0.25, 0.3) is 0 Å². The van der Waals surface area contributed by atoms with Crippen molar-refractivity contribution in [2.24, 2.45) is 11.1 Å². The van der Waals surface area contributed by atoms with Gasteiger partial charge in [0.15, 0.2) is 0 Å². The van der Waals surface area contributed by atoms with Crippen LogP contribution in [0.1, 0.15) is 5.56 Å². The van der Waals surface area contributed by atoms with E-state index in [1.54, 1.807) is 0 Å². The van der Waals surface area contributed by atoms with Gasteiger partial charge in [0.2, 0.25) is 0 Å². The lowest BCUT2D eigenvalue weighted by Crippen LogP contribution is -2.29. The molecule has 1 saturated heterocycles. The van der Waals surface area contributed by atoms with E-state index in [1.807, 2.05) is 24.3 Å². The second-order valence-corrected chi connectivity index (χ2v) is 3.70. The van der Waals surface area contributed by atoms with Crippen molar-refractivity contribution in [1.82, 2.24) is 5.01 Å². The Kier molecular flexibility index (Phi) is 3.20. The maximum Gasteiger partial charge on any atom is 0.433 e. The largest absolute Gasteiger partial charge is 0.446 e. The molecule has 3 N–H and O–H groups in total. The number of benzene rings is 1. The van der Waals surface area contributed by atoms with Crippen molar-refractivity contribution < 1.29 is 9.53 Å². The van der Waals surface area contributed by atoms with Gasteiger partial charge in [0.25, 0.3) is 0 Å². The van der Waals surface area contributed by atoms with E-state index in [4.69, 9.17) is 10.6 Å². The Balaban J connectivity index is 2.05. The molecule has 0 aliphatic carbocycles. The highest BCUT2D eigenvalue weighted by molar-refractivity contribution is 5.69. The number of cyclic esters (lactones) is 1. The van der Waals surface area contributed by atoms with Crippen molar-refractivity contribution in [1.29, 1.82) is 0 Å². The lowest BCUT2D eigenvalue weighted by Gasteiger charge is -2.12. The molecular weight excluding hydrogens is 224 g/mol. The standard InChI is InChI=1S/C10H12N4O3/c11-12-8-3-1-7(2-4-8)5-9-6-17-10(15)14(9)13-16/h1-4,9,12H,5-6,11H2/t9-/m0/s1. The lowest BCUT2D eigenvalue weighted by molar-refractivity contribution is 0.158. The topological polar surface area (TPSA) is 97.0 Å². The Morgan fingerprint density at radius 2 is 2.18 bits per heavy atom. The van der Waals surface area contributed by atoms with Crippen LogP contribution in [0.15, 0.2) is 29.6 Å². The molecule has 0 saturated carbocycles. The molecule has 90 valence electrons. The number of nitrogens with one attached hydrogen (secondary N) is 1. The van der Waals surface area contributed by atoms with E-state index in [0.29, 0.717) is 6.42 Å². The van der Waals surface area contributed by atoms with Gasteiger partial charge in [-0.25, -0.2) is 4.79 Å². The molecule has 1 amide bonds. The minimum absolute atomic E-state index is 0.182. The number of carbonyl (C=O) groups is 1. The first kappa shape index (κ1) is 11.3. The van der Waals surface area contributed by atoms with Crippen molar-refractivity contribution in [3.05, 3.63) is 34.7 Å². The average molecular weight is 236 g/mol. The van der Waals surface area contributed by atoms with Crippen LogP contribution in [-0.2, 0) is 11.2 Å². The molecule has 2 rings (SSSR count). The number of nitrogens with zero attached hydrogens (tertiary/aromatic N) is 2. The first-order valence-electron chi connectivity index (χ1n) is 5.09. The third kappa shape index (κ3) is 2.34. The quantitative estimate of drug-likeness (QED) is 0.462. The van der Waals surface area contributed by atoms with Gasteiger partial charge in [0.05, 0.1) is 5.29 Å². The highest BCUT2D eigenvalue weighted by Crippen LogP contribution is 2.18. The normalized spacial score (nSPS) is 19.0. The average Bonchev–Trinajstić information content (AvgIpc) is 2.71. The summed E-state index contributed by atoms with van der Waals surface area (Å²) in [6, 6.07) is 7.01. The third-order valence-electron chi connectivity index (χ3n) is 2.61. The van der Waals surface area contributed by atoms with E-state index in [-0.39, 0.29) is 12.6 Å². The summed E-state index contributed by atoms with van der Waals surface area (Å²) in [6.07, 6.45) is -0.173. The summed E-state index contributed by atoms with van der Waals surface area (Å²) in [7, 11) is 0. The van der Waals surface area contributed by atoms with E-state index < -0.39 is 6.09 Å². The molecule has 7 heteroatoms. The number of amides is 1. The van der Waals surface area contributed by atoms with Crippen molar-refractivity contribution >= 4 is 11.8 Å². The predicted octanol–water partition coefficient (Wildman–Crippen LogP) is 1.02. The molecule has 1 aromatic carbocycles. The van der Waals surface area contributed by atoms with Crippen LogP contribution in [0.3, 0.4) is 0 Å². The Morgan fingerprint density at radius 3 is 2.76 bits per heavy atom. The molecule has 1 heterocycles. The summed E-state index contributed by atoms with van der Waals surface area (Å²) in [6.45, 7) is 0.182. The molecule has 17 heavy (non-hydrogen) atoms. The number of hydrazine groups is 1. The summed E-state index contributed by atoms with van der Waals surface area (Å²) >= 11 is 0. The van der Waals surface area contributed by atoms with Crippen LogP contribution >= 0.6 is 0 Å². The number of rotatable bonds is 4. The van der Waals surface area contributed by atoms with Gasteiger partial charge in [-0.15, -0.1) is 4.91 Å². The lowest BCUT2D eigenvalue weighted by atomic mass is 10.1. The van der Waals surface area contributed by atoms with Crippen molar-refractivity contribution in [2.45, 2.75) is 12.5 Å². The zero-order chi connectivity index (χ0) is 12.3.